The van der Waals surface area contributed by atoms with Crippen LogP contribution in [0.5, 0.6) is 11.5 Å². The Labute approximate surface area is 167 Å². The molecule has 0 fully saturated rings. The summed E-state index contributed by atoms with van der Waals surface area (Å²) in [6.45, 7) is 4.54. The number of pyridine rings is 1. The average Bonchev–Trinajstić information content (AvgIpc) is 2.96. The maximum atomic E-state index is 12.9. The van der Waals surface area contributed by atoms with Crippen molar-refractivity contribution in [3.63, 3.8) is 0 Å². The third-order valence-electron chi connectivity index (χ3n) is 4.74. The standard InChI is InChI=1S/C22H24F2N2O3/c1-14-5-4-6-17(9-14)29-18-8-7-16-10-15(2)20(26(16)12-18)21(28)25-22(3,13-27)11-19(23)24/h4-10,12,19,27H,11,13H2,1-3H3,(H,25,28). The highest BCUT2D eigenvalue weighted by molar-refractivity contribution is 5.96. The first-order valence-electron chi connectivity index (χ1n) is 9.28. The van der Waals surface area contributed by atoms with E-state index in [2.05, 4.69) is 5.32 Å². The van der Waals surface area contributed by atoms with Gasteiger partial charge in [-0.15, -0.1) is 0 Å². The molecule has 0 aliphatic carbocycles. The summed E-state index contributed by atoms with van der Waals surface area (Å²) in [7, 11) is 0. The van der Waals surface area contributed by atoms with E-state index < -0.39 is 30.9 Å². The van der Waals surface area contributed by atoms with E-state index in [1.54, 1.807) is 23.6 Å². The van der Waals surface area contributed by atoms with Crippen LogP contribution in [-0.4, -0.2) is 34.0 Å². The van der Waals surface area contributed by atoms with Gasteiger partial charge in [0.2, 0.25) is 6.43 Å². The molecule has 7 heteroatoms. The lowest BCUT2D eigenvalue weighted by molar-refractivity contribution is 0.0582. The summed E-state index contributed by atoms with van der Waals surface area (Å²) in [5, 5.41) is 12.1. The Morgan fingerprint density at radius 2 is 1.97 bits per heavy atom. The number of ether oxygens (including phenoxy) is 1. The number of aliphatic hydroxyl groups is 1. The van der Waals surface area contributed by atoms with Crippen LogP contribution < -0.4 is 10.1 Å². The zero-order valence-electron chi connectivity index (χ0n) is 16.6. The van der Waals surface area contributed by atoms with Crippen LogP contribution in [-0.2, 0) is 0 Å². The first-order chi connectivity index (χ1) is 13.7. The number of fused-ring (bicyclic) bond motifs is 1. The van der Waals surface area contributed by atoms with Gasteiger partial charge < -0.3 is 19.6 Å². The Morgan fingerprint density at radius 1 is 1.21 bits per heavy atom. The maximum Gasteiger partial charge on any atom is 0.269 e. The van der Waals surface area contributed by atoms with Crippen LogP contribution in [0.2, 0.25) is 0 Å². The van der Waals surface area contributed by atoms with Crippen molar-refractivity contribution in [3.8, 4) is 11.5 Å². The van der Waals surface area contributed by atoms with Crippen molar-refractivity contribution in [2.45, 2.75) is 39.2 Å². The Hall–Kier alpha value is -2.93. The summed E-state index contributed by atoms with van der Waals surface area (Å²) in [5.41, 5.74) is 1.40. The van der Waals surface area contributed by atoms with Crippen molar-refractivity contribution >= 4 is 11.4 Å². The van der Waals surface area contributed by atoms with E-state index in [0.29, 0.717) is 22.8 Å². The number of benzene rings is 1. The third-order valence-corrected chi connectivity index (χ3v) is 4.74. The van der Waals surface area contributed by atoms with Gasteiger partial charge in [-0.3, -0.25) is 4.79 Å². The first kappa shape index (κ1) is 20.8. The highest BCUT2D eigenvalue weighted by Gasteiger charge is 2.31. The molecule has 0 radical (unpaired) electrons. The Balaban J connectivity index is 1.93. The van der Waals surface area contributed by atoms with Gasteiger partial charge in [-0.25, -0.2) is 8.78 Å². The van der Waals surface area contributed by atoms with Crippen LogP contribution in [0.3, 0.4) is 0 Å². The number of hydrogen-bond donors (Lipinski definition) is 2. The summed E-state index contributed by atoms with van der Waals surface area (Å²) >= 11 is 0. The number of amides is 1. The molecule has 3 aromatic rings. The summed E-state index contributed by atoms with van der Waals surface area (Å²) < 4.78 is 33.2. The highest BCUT2D eigenvalue weighted by Crippen LogP contribution is 2.26. The molecule has 0 aliphatic rings. The number of nitrogens with one attached hydrogen (secondary N) is 1. The van der Waals surface area contributed by atoms with Gasteiger partial charge in [-0.05, 0) is 62.2 Å². The lowest BCUT2D eigenvalue weighted by Gasteiger charge is -2.28. The zero-order valence-corrected chi connectivity index (χ0v) is 16.6. The Morgan fingerprint density at radius 3 is 2.62 bits per heavy atom. The molecule has 29 heavy (non-hydrogen) atoms. The van der Waals surface area contributed by atoms with Crippen molar-refractivity contribution in [1.82, 2.24) is 9.72 Å². The van der Waals surface area contributed by atoms with E-state index in [-0.39, 0.29) is 0 Å². The van der Waals surface area contributed by atoms with E-state index in [4.69, 9.17) is 4.74 Å². The number of hydrogen-bond acceptors (Lipinski definition) is 3. The molecule has 1 atom stereocenters. The summed E-state index contributed by atoms with van der Waals surface area (Å²) in [6, 6.07) is 13.0. The van der Waals surface area contributed by atoms with Crippen molar-refractivity contribution in [3.05, 3.63) is 65.5 Å². The zero-order chi connectivity index (χ0) is 21.2. The van der Waals surface area contributed by atoms with Crippen LogP contribution in [0, 0.1) is 13.8 Å². The number of carbonyl (C=O) groups is 1. The first-order valence-corrected chi connectivity index (χ1v) is 9.28. The van der Waals surface area contributed by atoms with Gasteiger partial charge in [0.05, 0.1) is 18.3 Å². The average molecular weight is 402 g/mol. The number of halogens is 2. The largest absolute Gasteiger partial charge is 0.456 e. The van der Waals surface area contributed by atoms with Gasteiger partial charge in [0, 0.05) is 11.9 Å². The van der Waals surface area contributed by atoms with Crippen molar-refractivity contribution in [2.24, 2.45) is 0 Å². The number of aromatic nitrogens is 1. The summed E-state index contributed by atoms with van der Waals surface area (Å²) in [6.07, 6.45) is -1.60. The molecule has 1 amide bonds. The molecular formula is C22H24F2N2O3. The van der Waals surface area contributed by atoms with Gasteiger partial charge in [0.1, 0.15) is 17.2 Å². The van der Waals surface area contributed by atoms with Crippen LogP contribution in [0.1, 0.15) is 35.0 Å². The monoisotopic (exact) mass is 402 g/mol. The minimum absolute atomic E-state index is 0.309. The second-order valence-corrected chi connectivity index (χ2v) is 7.52. The minimum atomic E-state index is -2.65. The van der Waals surface area contributed by atoms with E-state index >= 15 is 0 Å². The molecule has 0 spiro atoms. The highest BCUT2D eigenvalue weighted by atomic mass is 19.3. The number of nitrogens with zero attached hydrogens (tertiary/aromatic N) is 1. The Bertz CT molecular complexity index is 1030. The molecule has 0 saturated heterocycles. The normalized spacial score (nSPS) is 13.5. The van der Waals surface area contributed by atoms with Gasteiger partial charge in [0.25, 0.3) is 5.91 Å². The van der Waals surface area contributed by atoms with Gasteiger partial charge in [-0.2, -0.15) is 0 Å². The fourth-order valence-corrected chi connectivity index (χ4v) is 3.28. The molecular weight excluding hydrogens is 378 g/mol. The molecule has 2 heterocycles. The molecule has 5 nitrogen and oxygen atoms in total. The molecule has 154 valence electrons. The summed E-state index contributed by atoms with van der Waals surface area (Å²) in [5.74, 6) is 0.668. The predicted molar refractivity (Wildman–Crippen MR) is 107 cm³/mol. The van der Waals surface area contributed by atoms with Crippen molar-refractivity contribution in [2.75, 3.05) is 6.61 Å². The molecule has 1 aromatic carbocycles. The number of aliphatic hydroxyl groups excluding tert-OH is 1. The molecule has 2 aromatic heterocycles. The van der Waals surface area contributed by atoms with E-state index in [1.807, 2.05) is 43.3 Å². The quantitative estimate of drug-likeness (QED) is 0.612. The number of rotatable bonds is 7. The van der Waals surface area contributed by atoms with Crippen molar-refractivity contribution in [1.29, 1.82) is 0 Å². The number of alkyl halides is 2. The molecule has 0 aliphatic heterocycles. The molecule has 2 N–H and O–H groups in total. The minimum Gasteiger partial charge on any atom is -0.456 e. The van der Waals surface area contributed by atoms with Crippen LogP contribution in [0.25, 0.3) is 5.52 Å². The summed E-state index contributed by atoms with van der Waals surface area (Å²) in [4.78, 5) is 12.9. The van der Waals surface area contributed by atoms with Crippen LogP contribution in [0.15, 0.2) is 48.7 Å². The fourth-order valence-electron chi connectivity index (χ4n) is 3.28. The Kier molecular flexibility index (Phi) is 5.88. The SMILES string of the molecule is Cc1cccc(Oc2ccc3cc(C)c(C(=O)NC(C)(CO)CC(F)F)n3c2)c1. The predicted octanol–water partition coefficient (Wildman–Crippen LogP) is 4.48. The third kappa shape index (κ3) is 4.74. The fraction of sp³-hybridized carbons (Fsp3) is 0.318. The second kappa shape index (κ2) is 8.21. The van der Waals surface area contributed by atoms with Crippen molar-refractivity contribution < 1.29 is 23.4 Å². The van der Waals surface area contributed by atoms with Gasteiger partial charge in [-0.1, -0.05) is 12.1 Å². The van der Waals surface area contributed by atoms with Crippen LogP contribution >= 0.6 is 0 Å². The molecule has 3 rings (SSSR count). The molecule has 1 unspecified atom stereocenters. The maximum absolute atomic E-state index is 12.9. The lowest BCUT2D eigenvalue weighted by Crippen LogP contribution is -2.50. The second-order valence-electron chi connectivity index (χ2n) is 7.52. The van der Waals surface area contributed by atoms with Crippen LogP contribution in [0.4, 0.5) is 8.78 Å². The number of carbonyl (C=O) groups excluding carboxylic acids is 1. The van der Waals surface area contributed by atoms with E-state index in [0.717, 1.165) is 11.1 Å². The van der Waals surface area contributed by atoms with E-state index in [1.165, 1.54) is 6.92 Å². The van der Waals surface area contributed by atoms with Gasteiger partial charge in [0.15, 0.2) is 0 Å². The molecule has 0 saturated carbocycles. The number of aryl methyl sites for hydroxylation is 2. The topological polar surface area (TPSA) is 63.0 Å². The lowest BCUT2D eigenvalue weighted by atomic mass is 9.99. The van der Waals surface area contributed by atoms with Gasteiger partial charge >= 0.3 is 0 Å². The smallest absolute Gasteiger partial charge is 0.269 e. The van der Waals surface area contributed by atoms with E-state index in [9.17, 15) is 18.7 Å². The molecule has 0 bridgehead atoms.